The average molecular weight is 322 g/mol. The molecule has 0 fully saturated rings. The van der Waals surface area contributed by atoms with Crippen LogP contribution >= 0.6 is 0 Å². The maximum atomic E-state index is 12.0. The zero-order chi connectivity index (χ0) is 16.8. The van der Waals surface area contributed by atoms with Crippen molar-refractivity contribution in [2.45, 2.75) is 19.9 Å². The second-order valence-corrected chi connectivity index (χ2v) is 5.18. The number of amides is 1. The van der Waals surface area contributed by atoms with Gasteiger partial charge in [0.25, 0.3) is 5.91 Å². The van der Waals surface area contributed by atoms with E-state index in [1.165, 1.54) is 11.8 Å². The molecule has 6 nitrogen and oxygen atoms in total. The third kappa shape index (κ3) is 3.78. The zero-order valence-corrected chi connectivity index (χ0v) is 13.3. The number of aryl methyl sites for hydroxylation is 1. The fourth-order valence-electron chi connectivity index (χ4n) is 2.27. The van der Waals surface area contributed by atoms with E-state index in [0.717, 1.165) is 12.1 Å². The SMILES string of the molecule is CCc1ccccc1Nc1cnc(C(=O)NCc2ccco2)cn1. The van der Waals surface area contributed by atoms with E-state index in [4.69, 9.17) is 4.42 Å². The third-order valence-corrected chi connectivity index (χ3v) is 3.55. The van der Waals surface area contributed by atoms with E-state index in [0.29, 0.717) is 18.1 Å². The van der Waals surface area contributed by atoms with Crippen molar-refractivity contribution in [1.82, 2.24) is 15.3 Å². The normalized spacial score (nSPS) is 10.4. The first-order valence-corrected chi connectivity index (χ1v) is 7.74. The molecule has 0 aliphatic heterocycles. The first-order valence-electron chi connectivity index (χ1n) is 7.74. The van der Waals surface area contributed by atoms with Crippen molar-refractivity contribution in [3.8, 4) is 0 Å². The Kier molecular flexibility index (Phi) is 4.86. The van der Waals surface area contributed by atoms with Gasteiger partial charge in [-0.1, -0.05) is 25.1 Å². The maximum Gasteiger partial charge on any atom is 0.271 e. The molecule has 24 heavy (non-hydrogen) atoms. The second kappa shape index (κ2) is 7.41. The van der Waals surface area contributed by atoms with E-state index in [9.17, 15) is 4.79 Å². The lowest BCUT2D eigenvalue weighted by atomic mass is 10.1. The number of anilines is 2. The number of nitrogens with zero attached hydrogens (tertiary/aromatic N) is 2. The molecular weight excluding hydrogens is 304 g/mol. The van der Waals surface area contributed by atoms with Crippen LogP contribution < -0.4 is 10.6 Å². The highest BCUT2D eigenvalue weighted by molar-refractivity contribution is 5.91. The first-order chi connectivity index (χ1) is 11.8. The molecule has 3 rings (SSSR count). The molecule has 0 spiro atoms. The molecule has 2 heterocycles. The summed E-state index contributed by atoms with van der Waals surface area (Å²) in [6.07, 6.45) is 5.49. The number of hydrogen-bond acceptors (Lipinski definition) is 5. The van der Waals surface area contributed by atoms with E-state index in [1.54, 1.807) is 24.6 Å². The number of nitrogens with one attached hydrogen (secondary N) is 2. The molecule has 2 N–H and O–H groups in total. The summed E-state index contributed by atoms with van der Waals surface area (Å²) in [4.78, 5) is 20.5. The molecule has 122 valence electrons. The third-order valence-electron chi connectivity index (χ3n) is 3.55. The fraction of sp³-hybridized carbons (Fsp3) is 0.167. The Bertz CT molecular complexity index is 798. The minimum atomic E-state index is -0.292. The molecule has 1 amide bonds. The van der Waals surface area contributed by atoms with Gasteiger partial charge in [-0.25, -0.2) is 9.97 Å². The molecule has 3 aromatic rings. The summed E-state index contributed by atoms with van der Waals surface area (Å²) in [6.45, 7) is 2.41. The summed E-state index contributed by atoms with van der Waals surface area (Å²) >= 11 is 0. The minimum Gasteiger partial charge on any atom is -0.467 e. The Morgan fingerprint density at radius 3 is 2.71 bits per heavy atom. The maximum absolute atomic E-state index is 12.0. The monoisotopic (exact) mass is 322 g/mol. The van der Waals surface area contributed by atoms with Gasteiger partial charge >= 0.3 is 0 Å². The van der Waals surface area contributed by atoms with Crippen LogP contribution in [-0.4, -0.2) is 15.9 Å². The van der Waals surface area contributed by atoms with Gasteiger partial charge in [-0.05, 0) is 30.2 Å². The quantitative estimate of drug-likeness (QED) is 0.728. The Hall–Kier alpha value is -3.15. The predicted octanol–water partition coefficient (Wildman–Crippen LogP) is 3.31. The minimum absolute atomic E-state index is 0.260. The highest BCUT2D eigenvalue weighted by Gasteiger charge is 2.09. The predicted molar refractivity (Wildman–Crippen MR) is 91.0 cm³/mol. The van der Waals surface area contributed by atoms with Crippen LogP contribution in [0.3, 0.4) is 0 Å². The van der Waals surface area contributed by atoms with Gasteiger partial charge < -0.3 is 15.1 Å². The largest absolute Gasteiger partial charge is 0.467 e. The Balaban J connectivity index is 1.63. The van der Waals surface area contributed by atoms with Crippen molar-refractivity contribution in [2.75, 3.05) is 5.32 Å². The van der Waals surface area contributed by atoms with Crippen LogP contribution in [0.1, 0.15) is 28.7 Å². The van der Waals surface area contributed by atoms with Crippen LogP contribution in [0.2, 0.25) is 0 Å². The van der Waals surface area contributed by atoms with E-state index in [2.05, 4.69) is 33.6 Å². The molecule has 0 radical (unpaired) electrons. The average Bonchev–Trinajstić information content (AvgIpc) is 3.14. The molecule has 0 unspecified atom stereocenters. The topological polar surface area (TPSA) is 80.0 Å². The summed E-state index contributed by atoms with van der Waals surface area (Å²) in [6, 6.07) is 11.6. The van der Waals surface area contributed by atoms with E-state index >= 15 is 0 Å². The standard InChI is InChI=1S/C18H18N4O2/c1-2-13-6-3-4-8-15(13)22-17-12-19-16(11-20-17)18(23)21-10-14-7-5-9-24-14/h3-9,11-12H,2,10H2,1H3,(H,20,22)(H,21,23). The Labute approximate surface area is 140 Å². The van der Waals surface area contributed by atoms with Crippen molar-refractivity contribution in [3.63, 3.8) is 0 Å². The number of carbonyl (C=O) groups is 1. The van der Waals surface area contributed by atoms with Crippen LogP contribution in [0.15, 0.2) is 59.5 Å². The van der Waals surface area contributed by atoms with Crippen molar-refractivity contribution >= 4 is 17.4 Å². The van der Waals surface area contributed by atoms with Gasteiger partial charge in [-0.3, -0.25) is 4.79 Å². The Morgan fingerprint density at radius 2 is 2.00 bits per heavy atom. The van der Waals surface area contributed by atoms with Gasteiger partial charge in [-0.2, -0.15) is 0 Å². The molecule has 0 saturated heterocycles. The van der Waals surface area contributed by atoms with Crippen LogP contribution in [0.5, 0.6) is 0 Å². The van der Waals surface area contributed by atoms with Gasteiger partial charge in [0.05, 0.1) is 25.2 Å². The molecule has 2 aromatic heterocycles. The van der Waals surface area contributed by atoms with Crippen molar-refractivity contribution in [1.29, 1.82) is 0 Å². The lowest BCUT2D eigenvalue weighted by Gasteiger charge is -2.10. The first kappa shape index (κ1) is 15.7. The fourth-order valence-corrected chi connectivity index (χ4v) is 2.27. The van der Waals surface area contributed by atoms with Crippen LogP contribution in [0.4, 0.5) is 11.5 Å². The summed E-state index contributed by atoms with van der Waals surface area (Å²) < 4.78 is 5.17. The van der Waals surface area contributed by atoms with Gasteiger partial charge in [0.1, 0.15) is 17.3 Å². The highest BCUT2D eigenvalue weighted by atomic mass is 16.3. The lowest BCUT2D eigenvalue weighted by Crippen LogP contribution is -2.23. The number of rotatable bonds is 6. The van der Waals surface area contributed by atoms with Crippen LogP contribution in [0, 0.1) is 0 Å². The number of carbonyl (C=O) groups excluding carboxylic acids is 1. The molecule has 0 aliphatic rings. The molecule has 0 aliphatic carbocycles. The van der Waals surface area contributed by atoms with E-state index in [-0.39, 0.29) is 11.6 Å². The highest BCUT2D eigenvalue weighted by Crippen LogP contribution is 2.19. The molecular formula is C18H18N4O2. The molecule has 0 bridgehead atoms. The summed E-state index contributed by atoms with van der Waals surface area (Å²) in [5.74, 6) is 0.990. The summed E-state index contributed by atoms with van der Waals surface area (Å²) in [5, 5.41) is 5.96. The van der Waals surface area contributed by atoms with E-state index < -0.39 is 0 Å². The second-order valence-electron chi connectivity index (χ2n) is 5.18. The van der Waals surface area contributed by atoms with Gasteiger partial charge in [-0.15, -0.1) is 0 Å². The van der Waals surface area contributed by atoms with Gasteiger partial charge in [0.15, 0.2) is 0 Å². The number of furan rings is 1. The van der Waals surface area contributed by atoms with E-state index in [1.807, 2.05) is 18.2 Å². The van der Waals surface area contributed by atoms with Crippen LogP contribution in [0.25, 0.3) is 0 Å². The number of hydrogen-bond donors (Lipinski definition) is 2. The molecule has 1 aromatic carbocycles. The zero-order valence-electron chi connectivity index (χ0n) is 13.3. The lowest BCUT2D eigenvalue weighted by molar-refractivity contribution is 0.0942. The van der Waals surface area contributed by atoms with Crippen molar-refractivity contribution in [3.05, 3.63) is 72.1 Å². The molecule has 6 heteroatoms. The van der Waals surface area contributed by atoms with Crippen molar-refractivity contribution in [2.24, 2.45) is 0 Å². The van der Waals surface area contributed by atoms with Crippen molar-refractivity contribution < 1.29 is 9.21 Å². The number of aromatic nitrogens is 2. The summed E-state index contributed by atoms with van der Waals surface area (Å²) in [5.41, 5.74) is 2.44. The number of benzene rings is 1. The summed E-state index contributed by atoms with van der Waals surface area (Å²) in [7, 11) is 0. The van der Waals surface area contributed by atoms with Crippen LogP contribution in [-0.2, 0) is 13.0 Å². The smallest absolute Gasteiger partial charge is 0.271 e. The molecule has 0 atom stereocenters. The molecule has 0 saturated carbocycles. The number of para-hydroxylation sites is 1. The van der Waals surface area contributed by atoms with Gasteiger partial charge in [0.2, 0.25) is 0 Å². The van der Waals surface area contributed by atoms with Gasteiger partial charge in [0, 0.05) is 5.69 Å². The Morgan fingerprint density at radius 1 is 1.12 bits per heavy atom.